The highest BCUT2D eigenvalue weighted by atomic mass is 16.5. The Kier molecular flexibility index (Phi) is 12.3. The minimum absolute atomic E-state index is 0.886. The zero-order valence-corrected chi connectivity index (χ0v) is 14.0. The lowest BCUT2D eigenvalue weighted by atomic mass is 9.91. The van der Waals surface area contributed by atoms with E-state index in [-0.39, 0.29) is 0 Å². The van der Waals surface area contributed by atoms with Crippen LogP contribution in [0, 0.1) is 5.92 Å². The van der Waals surface area contributed by atoms with Crippen molar-refractivity contribution in [2.75, 3.05) is 14.2 Å². The summed E-state index contributed by atoms with van der Waals surface area (Å²) in [6.07, 6.45) is 7.44. The summed E-state index contributed by atoms with van der Waals surface area (Å²) < 4.78 is 5.07. The summed E-state index contributed by atoms with van der Waals surface area (Å²) in [5.41, 5.74) is 1.24. The van der Waals surface area contributed by atoms with Crippen molar-refractivity contribution in [2.45, 2.75) is 59.4 Å². The van der Waals surface area contributed by atoms with Crippen LogP contribution in [0.1, 0.15) is 58.4 Å². The maximum atomic E-state index is 5.07. The zero-order valence-electron chi connectivity index (χ0n) is 14.0. The molecule has 116 valence electrons. The third-order valence-corrected chi connectivity index (χ3v) is 3.41. The summed E-state index contributed by atoms with van der Waals surface area (Å²) >= 11 is 0. The van der Waals surface area contributed by atoms with Crippen molar-refractivity contribution in [1.29, 1.82) is 0 Å². The van der Waals surface area contributed by atoms with Crippen LogP contribution in [0.25, 0.3) is 0 Å². The third-order valence-electron chi connectivity index (χ3n) is 3.41. The molecule has 2 rings (SSSR count). The molecular formula is C18H33NO. The first kappa shape index (κ1) is 19.0. The second-order valence-electron chi connectivity index (χ2n) is 5.13. The Balaban J connectivity index is 0.000000345. The van der Waals surface area contributed by atoms with Crippen molar-refractivity contribution in [3.8, 4) is 5.75 Å². The number of hydrogen-bond acceptors (Lipinski definition) is 2. The summed E-state index contributed by atoms with van der Waals surface area (Å²) in [6, 6.07) is 8.03. The molecule has 0 atom stereocenters. The van der Waals surface area contributed by atoms with E-state index in [0.29, 0.717) is 0 Å². The van der Waals surface area contributed by atoms with Crippen LogP contribution in [0.3, 0.4) is 0 Å². The van der Waals surface area contributed by atoms with E-state index in [4.69, 9.17) is 4.74 Å². The molecule has 0 heterocycles. The highest BCUT2D eigenvalue weighted by Gasteiger charge is 2.05. The molecule has 0 aromatic heterocycles. The first-order valence-electron chi connectivity index (χ1n) is 8.03. The van der Waals surface area contributed by atoms with Gasteiger partial charge in [0.25, 0.3) is 0 Å². The molecule has 1 aromatic rings. The standard InChI is InChI=1S/C9H13NO.C7H14.C2H6/c1-10-7-8-4-3-5-9(6-8)11-2;1-7-5-3-2-4-6-7;1-2/h3-6,10H,7H2,1-2H3;7H,2-6H2,1H3;1-2H3. The largest absolute Gasteiger partial charge is 0.497 e. The Bertz CT molecular complexity index is 319. The van der Waals surface area contributed by atoms with Crippen molar-refractivity contribution in [1.82, 2.24) is 5.32 Å². The number of hydrogen-bond donors (Lipinski definition) is 1. The van der Waals surface area contributed by atoms with Crippen LogP contribution >= 0.6 is 0 Å². The van der Waals surface area contributed by atoms with E-state index in [1.165, 1.54) is 37.7 Å². The van der Waals surface area contributed by atoms with E-state index >= 15 is 0 Å². The maximum absolute atomic E-state index is 5.07. The first-order chi connectivity index (χ1) is 9.76. The molecule has 0 radical (unpaired) electrons. The van der Waals surface area contributed by atoms with Crippen molar-refractivity contribution in [3.63, 3.8) is 0 Å². The van der Waals surface area contributed by atoms with Gasteiger partial charge in [-0.05, 0) is 30.7 Å². The molecular weight excluding hydrogens is 246 g/mol. The van der Waals surface area contributed by atoms with Crippen molar-refractivity contribution >= 4 is 0 Å². The Morgan fingerprint density at radius 2 is 1.80 bits per heavy atom. The Hall–Kier alpha value is -1.02. The summed E-state index contributed by atoms with van der Waals surface area (Å²) in [5, 5.41) is 3.08. The van der Waals surface area contributed by atoms with Crippen molar-refractivity contribution < 1.29 is 4.74 Å². The minimum Gasteiger partial charge on any atom is -0.497 e. The van der Waals surface area contributed by atoms with Gasteiger partial charge in [-0.1, -0.05) is 65.0 Å². The normalized spacial score (nSPS) is 14.4. The number of rotatable bonds is 3. The molecule has 1 saturated carbocycles. The van der Waals surface area contributed by atoms with Gasteiger partial charge in [-0.3, -0.25) is 0 Å². The highest BCUT2D eigenvalue weighted by Crippen LogP contribution is 2.22. The molecule has 0 bridgehead atoms. The minimum atomic E-state index is 0.886. The van der Waals surface area contributed by atoms with Crippen LogP contribution in [0.5, 0.6) is 5.75 Å². The molecule has 1 fully saturated rings. The molecule has 0 spiro atoms. The van der Waals surface area contributed by atoms with Gasteiger partial charge in [-0.2, -0.15) is 0 Å². The predicted octanol–water partition coefficient (Wildman–Crippen LogP) is 5.03. The molecule has 1 aliphatic carbocycles. The fourth-order valence-electron chi connectivity index (χ4n) is 2.29. The van der Waals surface area contributed by atoms with E-state index in [2.05, 4.69) is 18.3 Å². The van der Waals surface area contributed by atoms with Gasteiger partial charge in [0.15, 0.2) is 0 Å². The molecule has 2 heteroatoms. The molecule has 0 amide bonds. The van der Waals surface area contributed by atoms with Crippen LogP contribution in [-0.4, -0.2) is 14.2 Å². The number of ether oxygens (including phenoxy) is 1. The lowest BCUT2D eigenvalue weighted by Gasteiger charge is -2.15. The average Bonchev–Trinajstić information content (AvgIpc) is 2.51. The van der Waals surface area contributed by atoms with E-state index in [1.54, 1.807) is 7.11 Å². The summed E-state index contributed by atoms with van der Waals surface area (Å²) in [6.45, 7) is 7.25. The van der Waals surface area contributed by atoms with Gasteiger partial charge in [0.05, 0.1) is 7.11 Å². The highest BCUT2D eigenvalue weighted by molar-refractivity contribution is 5.28. The Morgan fingerprint density at radius 1 is 1.15 bits per heavy atom. The predicted molar refractivity (Wildman–Crippen MR) is 89.4 cm³/mol. The monoisotopic (exact) mass is 279 g/mol. The van der Waals surface area contributed by atoms with Gasteiger partial charge in [-0.25, -0.2) is 0 Å². The quantitative estimate of drug-likeness (QED) is 0.838. The van der Waals surface area contributed by atoms with Gasteiger partial charge in [0.2, 0.25) is 0 Å². The lowest BCUT2D eigenvalue weighted by molar-refractivity contribution is 0.385. The second kappa shape index (κ2) is 13.0. The van der Waals surface area contributed by atoms with Crippen LogP contribution in [0.4, 0.5) is 0 Å². The van der Waals surface area contributed by atoms with Crippen LogP contribution in [0.15, 0.2) is 24.3 Å². The van der Waals surface area contributed by atoms with Gasteiger partial charge < -0.3 is 10.1 Å². The van der Waals surface area contributed by atoms with Crippen molar-refractivity contribution in [3.05, 3.63) is 29.8 Å². The molecule has 1 N–H and O–H groups in total. The number of benzene rings is 1. The van der Waals surface area contributed by atoms with Gasteiger partial charge in [0.1, 0.15) is 5.75 Å². The van der Waals surface area contributed by atoms with Crippen LogP contribution < -0.4 is 10.1 Å². The Labute approximate surface area is 125 Å². The summed E-state index contributed by atoms with van der Waals surface area (Å²) in [5.74, 6) is 1.95. The number of nitrogens with one attached hydrogen (secondary N) is 1. The molecule has 0 saturated heterocycles. The molecule has 1 aromatic carbocycles. The third kappa shape index (κ3) is 8.98. The summed E-state index contributed by atoms with van der Waals surface area (Å²) in [4.78, 5) is 0. The van der Waals surface area contributed by atoms with Gasteiger partial charge in [0, 0.05) is 6.54 Å². The molecule has 0 unspecified atom stereocenters. The maximum Gasteiger partial charge on any atom is 0.119 e. The average molecular weight is 279 g/mol. The summed E-state index contributed by atoms with van der Waals surface area (Å²) in [7, 11) is 3.61. The molecule has 1 aliphatic rings. The molecule has 20 heavy (non-hydrogen) atoms. The number of methoxy groups -OCH3 is 1. The van der Waals surface area contributed by atoms with Crippen molar-refractivity contribution in [2.24, 2.45) is 5.92 Å². The zero-order chi connectivity index (χ0) is 15.2. The van der Waals surface area contributed by atoms with Gasteiger partial charge in [-0.15, -0.1) is 0 Å². The van der Waals surface area contributed by atoms with E-state index in [1.807, 2.05) is 39.1 Å². The first-order valence-corrected chi connectivity index (χ1v) is 8.03. The fourth-order valence-corrected chi connectivity index (χ4v) is 2.29. The molecule has 0 aliphatic heterocycles. The van der Waals surface area contributed by atoms with E-state index in [0.717, 1.165) is 18.2 Å². The van der Waals surface area contributed by atoms with Crippen LogP contribution in [0.2, 0.25) is 0 Å². The molecule has 2 nitrogen and oxygen atoms in total. The van der Waals surface area contributed by atoms with E-state index in [9.17, 15) is 0 Å². The Morgan fingerprint density at radius 3 is 2.25 bits per heavy atom. The van der Waals surface area contributed by atoms with E-state index < -0.39 is 0 Å². The topological polar surface area (TPSA) is 21.3 Å². The lowest BCUT2D eigenvalue weighted by Crippen LogP contribution is -2.04. The SMILES string of the molecule is CC.CC1CCCCC1.CNCc1cccc(OC)c1. The second-order valence-corrected chi connectivity index (χ2v) is 5.13. The smallest absolute Gasteiger partial charge is 0.119 e. The van der Waals surface area contributed by atoms with Crippen LogP contribution in [-0.2, 0) is 6.54 Å². The van der Waals surface area contributed by atoms with Gasteiger partial charge >= 0.3 is 0 Å². The fraction of sp³-hybridized carbons (Fsp3) is 0.667.